The molecule has 2 N–H and O–H groups in total. The van der Waals surface area contributed by atoms with Crippen LogP contribution in [-0.2, 0) is 0 Å². The van der Waals surface area contributed by atoms with E-state index in [9.17, 15) is 0 Å². The number of H-pyrrole nitrogens is 2. The predicted molar refractivity (Wildman–Crippen MR) is 122 cm³/mol. The molecule has 32 heavy (non-hydrogen) atoms. The van der Waals surface area contributed by atoms with Crippen molar-refractivity contribution in [3.8, 4) is 39.5 Å². The van der Waals surface area contributed by atoms with Gasteiger partial charge < -0.3 is 9.72 Å². The van der Waals surface area contributed by atoms with Gasteiger partial charge in [0.15, 0.2) is 5.65 Å². The Labute approximate surface area is 182 Å². The van der Waals surface area contributed by atoms with Gasteiger partial charge in [0.05, 0.1) is 42.1 Å². The van der Waals surface area contributed by atoms with Crippen LogP contribution in [0.25, 0.3) is 55.7 Å². The summed E-state index contributed by atoms with van der Waals surface area (Å²) < 4.78 is 5.31. The molecule has 6 heterocycles. The number of hydrogen-bond acceptors (Lipinski definition) is 6. The summed E-state index contributed by atoms with van der Waals surface area (Å²) in [5, 5.41) is 9.47. The van der Waals surface area contributed by atoms with Gasteiger partial charge in [0.25, 0.3) is 0 Å². The van der Waals surface area contributed by atoms with Crippen LogP contribution in [0.3, 0.4) is 0 Å². The lowest BCUT2D eigenvalue weighted by Crippen LogP contribution is -1.87. The largest absolute Gasteiger partial charge is 0.495 e. The summed E-state index contributed by atoms with van der Waals surface area (Å²) in [6, 6.07) is 11.9. The molecule has 0 spiro atoms. The number of aromatic nitrogens is 7. The Morgan fingerprint density at radius 1 is 0.844 bits per heavy atom. The van der Waals surface area contributed by atoms with Crippen molar-refractivity contribution in [3.63, 3.8) is 0 Å². The number of fused-ring (bicyclic) bond motifs is 2. The number of hydrogen-bond donors (Lipinski definition) is 2. The molecule has 0 unspecified atom stereocenters. The van der Waals surface area contributed by atoms with Gasteiger partial charge in [-0.2, -0.15) is 5.10 Å². The van der Waals surface area contributed by atoms with Crippen molar-refractivity contribution in [2.24, 2.45) is 0 Å². The Kier molecular flexibility index (Phi) is 4.14. The minimum absolute atomic E-state index is 0.640. The number of ether oxygens (including phenoxy) is 1. The molecule has 0 aromatic carbocycles. The zero-order chi connectivity index (χ0) is 21.5. The first-order valence-electron chi connectivity index (χ1n) is 10.0. The minimum atomic E-state index is 0.640. The summed E-state index contributed by atoms with van der Waals surface area (Å²) in [6.07, 6.45) is 10.7. The lowest BCUT2D eigenvalue weighted by Gasteiger charge is -2.04. The van der Waals surface area contributed by atoms with Gasteiger partial charge in [-0.25, -0.2) is 4.98 Å². The second-order valence-corrected chi connectivity index (χ2v) is 7.35. The van der Waals surface area contributed by atoms with Crippen molar-refractivity contribution < 1.29 is 4.74 Å². The smallest absolute Gasteiger partial charge is 0.181 e. The highest BCUT2D eigenvalue weighted by Gasteiger charge is 2.15. The molecule has 6 rings (SSSR count). The molecule has 0 fully saturated rings. The minimum Gasteiger partial charge on any atom is -0.495 e. The normalized spacial score (nSPS) is 11.3. The third-order valence-electron chi connectivity index (χ3n) is 5.45. The van der Waals surface area contributed by atoms with E-state index in [1.54, 1.807) is 31.9 Å². The first-order chi connectivity index (χ1) is 15.8. The summed E-state index contributed by atoms with van der Waals surface area (Å²) in [5.74, 6) is 0.695. The van der Waals surface area contributed by atoms with E-state index in [2.05, 4.69) is 47.2 Å². The van der Waals surface area contributed by atoms with Gasteiger partial charge in [-0.15, -0.1) is 0 Å². The second kappa shape index (κ2) is 7.28. The Bertz CT molecular complexity index is 1570. The molecule has 6 aromatic heterocycles. The maximum absolute atomic E-state index is 5.31. The van der Waals surface area contributed by atoms with Gasteiger partial charge in [0.1, 0.15) is 5.75 Å². The average Bonchev–Trinajstić information content (AvgIpc) is 3.48. The lowest BCUT2D eigenvalue weighted by atomic mass is 10.1. The fraction of sp³-hybridized carbons (Fsp3) is 0.0417. The molecule has 0 bridgehead atoms. The van der Waals surface area contributed by atoms with Crippen LogP contribution < -0.4 is 4.74 Å². The molecule has 0 atom stereocenters. The molecule has 0 radical (unpaired) electrons. The van der Waals surface area contributed by atoms with Crippen molar-refractivity contribution in [2.45, 2.75) is 0 Å². The maximum atomic E-state index is 5.31. The summed E-state index contributed by atoms with van der Waals surface area (Å²) in [5.41, 5.74) is 7.01. The summed E-state index contributed by atoms with van der Waals surface area (Å²) >= 11 is 0. The van der Waals surface area contributed by atoms with E-state index in [0.717, 1.165) is 50.1 Å². The highest BCUT2D eigenvalue weighted by Crippen LogP contribution is 2.34. The van der Waals surface area contributed by atoms with Gasteiger partial charge in [-0.3, -0.25) is 20.1 Å². The first-order valence-corrected chi connectivity index (χ1v) is 10.0. The second-order valence-electron chi connectivity index (χ2n) is 7.35. The van der Waals surface area contributed by atoms with Crippen LogP contribution in [0.1, 0.15) is 0 Å². The van der Waals surface area contributed by atoms with Crippen molar-refractivity contribution in [3.05, 3.63) is 73.6 Å². The maximum Gasteiger partial charge on any atom is 0.181 e. The third kappa shape index (κ3) is 2.97. The van der Waals surface area contributed by atoms with Crippen LogP contribution in [-0.4, -0.2) is 42.2 Å². The van der Waals surface area contributed by atoms with Gasteiger partial charge in [0, 0.05) is 52.3 Å². The Morgan fingerprint density at radius 3 is 2.62 bits per heavy atom. The number of methoxy groups -OCH3 is 1. The lowest BCUT2D eigenvalue weighted by molar-refractivity contribution is 0.413. The van der Waals surface area contributed by atoms with E-state index in [-0.39, 0.29) is 0 Å². The first kappa shape index (κ1) is 18.2. The van der Waals surface area contributed by atoms with E-state index in [1.807, 2.05) is 36.7 Å². The number of aromatic amines is 2. The van der Waals surface area contributed by atoms with Crippen LogP contribution in [0.2, 0.25) is 0 Å². The van der Waals surface area contributed by atoms with Crippen molar-refractivity contribution in [2.75, 3.05) is 7.11 Å². The monoisotopic (exact) mass is 419 g/mol. The number of nitrogens with one attached hydrogen (secondary N) is 2. The van der Waals surface area contributed by atoms with Gasteiger partial charge in [-0.05, 0) is 30.3 Å². The van der Waals surface area contributed by atoms with E-state index in [1.165, 1.54) is 0 Å². The Morgan fingerprint density at radius 2 is 1.75 bits per heavy atom. The van der Waals surface area contributed by atoms with Crippen LogP contribution in [0.15, 0.2) is 73.6 Å². The van der Waals surface area contributed by atoms with Crippen molar-refractivity contribution in [1.29, 1.82) is 0 Å². The fourth-order valence-corrected chi connectivity index (χ4v) is 3.86. The third-order valence-corrected chi connectivity index (χ3v) is 5.45. The Balaban J connectivity index is 1.50. The molecular weight excluding hydrogens is 402 g/mol. The van der Waals surface area contributed by atoms with Gasteiger partial charge in [-0.1, -0.05) is 6.07 Å². The molecule has 0 amide bonds. The highest BCUT2D eigenvalue weighted by atomic mass is 16.5. The molecule has 8 heteroatoms. The van der Waals surface area contributed by atoms with Gasteiger partial charge >= 0.3 is 0 Å². The van der Waals surface area contributed by atoms with Crippen molar-refractivity contribution >= 4 is 21.9 Å². The van der Waals surface area contributed by atoms with E-state index in [4.69, 9.17) is 4.74 Å². The fourth-order valence-electron chi connectivity index (χ4n) is 3.86. The average molecular weight is 419 g/mol. The zero-order valence-electron chi connectivity index (χ0n) is 17.1. The van der Waals surface area contributed by atoms with E-state index in [0.29, 0.717) is 11.4 Å². The standard InChI is InChI=1S/C24H17N7O/c1-32-16-6-14(9-25-11-16)15-7-18-23(30-31-24(18)28-10-15)21-8-17-19(12-26-13-22(17)29-21)20-4-2-3-5-27-20/h2-13,29H,1H3,(H,28,30,31). The van der Waals surface area contributed by atoms with Gasteiger partial charge in [0.2, 0.25) is 0 Å². The molecule has 0 aliphatic carbocycles. The highest BCUT2D eigenvalue weighted by molar-refractivity contribution is 6.00. The number of nitrogens with zero attached hydrogens (tertiary/aromatic N) is 5. The van der Waals surface area contributed by atoms with Crippen LogP contribution >= 0.6 is 0 Å². The number of rotatable bonds is 4. The number of pyridine rings is 4. The van der Waals surface area contributed by atoms with Crippen LogP contribution in [0.5, 0.6) is 5.75 Å². The predicted octanol–water partition coefficient (Wildman–Crippen LogP) is 4.63. The summed E-state index contributed by atoms with van der Waals surface area (Å²) in [4.78, 5) is 21.1. The zero-order valence-corrected chi connectivity index (χ0v) is 17.1. The van der Waals surface area contributed by atoms with Crippen LogP contribution in [0, 0.1) is 0 Å². The molecule has 154 valence electrons. The molecular formula is C24H17N7O. The SMILES string of the molecule is COc1cncc(-c2cnc3n[nH]c(-c4cc5c(-c6ccccn6)cncc5[nH]4)c3c2)c1. The molecule has 6 aromatic rings. The molecule has 0 aliphatic rings. The molecule has 0 saturated heterocycles. The summed E-state index contributed by atoms with van der Waals surface area (Å²) in [7, 11) is 1.63. The quantitative estimate of drug-likeness (QED) is 0.431. The summed E-state index contributed by atoms with van der Waals surface area (Å²) in [6.45, 7) is 0. The molecule has 8 nitrogen and oxygen atoms in total. The molecule has 0 aliphatic heterocycles. The van der Waals surface area contributed by atoms with E-state index >= 15 is 0 Å². The van der Waals surface area contributed by atoms with Crippen molar-refractivity contribution in [1.82, 2.24) is 35.1 Å². The Hall–Kier alpha value is -4.59. The van der Waals surface area contributed by atoms with E-state index < -0.39 is 0 Å². The molecule has 0 saturated carbocycles. The van der Waals surface area contributed by atoms with Crippen LogP contribution in [0.4, 0.5) is 0 Å². The topological polar surface area (TPSA) is 105 Å².